The number of piperidine rings is 1. The molecule has 2 heterocycles. The van der Waals surface area contributed by atoms with Crippen LogP contribution in [0.5, 0.6) is 0 Å². The second kappa shape index (κ2) is 8.08. The minimum atomic E-state index is 0.138. The maximum atomic E-state index is 5.76. The predicted octanol–water partition coefficient (Wildman–Crippen LogP) is 2.83. The Balaban J connectivity index is 1.49. The highest BCUT2D eigenvalue weighted by atomic mass is 32.1. The van der Waals surface area contributed by atoms with Gasteiger partial charge in [-0.1, -0.05) is 30.3 Å². The SMILES string of the molecule is NC(=S)NN=Cc1ccc(CN2CCC(c3ccccc3)CC2)o1. The molecule has 3 N–H and O–H groups in total. The summed E-state index contributed by atoms with van der Waals surface area (Å²) in [5, 5.41) is 4.03. The van der Waals surface area contributed by atoms with E-state index in [1.807, 2.05) is 12.1 Å². The number of likely N-dealkylation sites (tertiary alicyclic amines) is 1. The van der Waals surface area contributed by atoms with E-state index < -0.39 is 0 Å². The standard InChI is InChI=1S/C18H22N4OS/c19-18(24)21-20-12-16-6-7-17(23-16)13-22-10-8-15(9-11-22)14-4-2-1-3-5-14/h1-7,12,15H,8-11,13H2,(H3,19,21,24). The molecule has 1 aliphatic rings. The molecule has 1 aliphatic heterocycles. The summed E-state index contributed by atoms with van der Waals surface area (Å²) in [4.78, 5) is 2.44. The first-order valence-corrected chi connectivity index (χ1v) is 8.56. The summed E-state index contributed by atoms with van der Waals surface area (Å²) in [6.07, 6.45) is 3.96. The molecule has 1 fully saturated rings. The molecule has 0 radical (unpaired) electrons. The molecular weight excluding hydrogens is 320 g/mol. The Kier molecular flexibility index (Phi) is 5.61. The van der Waals surface area contributed by atoms with Crippen molar-refractivity contribution in [3.8, 4) is 0 Å². The summed E-state index contributed by atoms with van der Waals surface area (Å²) in [5.74, 6) is 2.31. The third-order valence-electron chi connectivity index (χ3n) is 4.29. The Labute approximate surface area is 147 Å². The molecule has 5 nitrogen and oxygen atoms in total. The van der Waals surface area contributed by atoms with Gasteiger partial charge in [-0.15, -0.1) is 0 Å². The first kappa shape index (κ1) is 16.7. The monoisotopic (exact) mass is 342 g/mol. The number of thiocarbonyl (C=S) groups is 1. The van der Waals surface area contributed by atoms with E-state index in [0.29, 0.717) is 11.7 Å². The third-order valence-corrected chi connectivity index (χ3v) is 4.38. The van der Waals surface area contributed by atoms with Gasteiger partial charge in [0.05, 0.1) is 12.8 Å². The Morgan fingerprint density at radius 3 is 2.71 bits per heavy atom. The molecule has 1 saturated heterocycles. The van der Waals surface area contributed by atoms with Gasteiger partial charge in [0, 0.05) is 0 Å². The lowest BCUT2D eigenvalue weighted by Crippen LogP contribution is -2.32. The van der Waals surface area contributed by atoms with Gasteiger partial charge >= 0.3 is 0 Å². The molecule has 126 valence electrons. The van der Waals surface area contributed by atoms with Gasteiger partial charge in [0.1, 0.15) is 11.5 Å². The molecule has 1 aromatic heterocycles. The van der Waals surface area contributed by atoms with Crippen LogP contribution in [0, 0.1) is 0 Å². The number of furan rings is 1. The molecule has 0 bridgehead atoms. The second-order valence-electron chi connectivity index (χ2n) is 6.00. The van der Waals surface area contributed by atoms with Gasteiger partial charge in [-0.25, -0.2) is 0 Å². The van der Waals surface area contributed by atoms with E-state index in [0.717, 1.165) is 25.4 Å². The van der Waals surface area contributed by atoms with Crippen molar-refractivity contribution >= 4 is 23.5 Å². The normalized spacial score (nSPS) is 16.5. The van der Waals surface area contributed by atoms with E-state index in [1.54, 1.807) is 6.21 Å². The van der Waals surface area contributed by atoms with E-state index in [-0.39, 0.29) is 5.11 Å². The van der Waals surface area contributed by atoms with Crippen LogP contribution < -0.4 is 11.2 Å². The zero-order valence-electron chi connectivity index (χ0n) is 13.5. The number of nitrogens with two attached hydrogens (primary N) is 1. The molecule has 0 atom stereocenters. The van der Waals surface area contributed by atoms with Crippen molar-refractivity contribution in [2.24, 2.45) is 10.8 Å². The number of nitrogens with zero attached hydrogens (tertiary/aromatic N) is 2. The Morgan fingerprint density at radius 2 is 2.00 bits per heavy atom. The van der Waals surface area contributed by atoms with Gasteiger partial charge in [0.15, 0.2) is 5.11 Å². The zero-order valence-corrected chi connectivity index (χ0v) is 14.3. The van der Waals surface area contributed by atoms with Crippen LogP contribution in [-0.4, -0.2) is 29.3 Å². The third kappa shape index (κ3) is 4.66. The highest BCUT2D eigenvalue weighted by molar-refractivity contribution is 7.80. The summed E-state index contributed by atoms with van der Waals surface area (Å²) >= 11 is 4.68. The smallest absolute Gasteiger partial charge is 0.184 e. The largest absolute Gasteiger partial charge is 0.459 e. The minimum absolute atomic E-state index is 0.138. The average molecular weight is 342 g/mol. The van der Waals surface area contributed by atoms with Crippen LogP contribution in [0.2, 0.25) is 0 Å². The summed E-state index contributed by atoms with van der Waals surface area (Å²) in [7, 11) is 0. The van der Waals surface area contributed by atoms with Crippen molar-refractivity contribution in [3.05, 3.63) is 59.5 Å². The molecule has 0 unspecified atom stereocenters. The maximum Gasteiger partial charge on any atom is 0.184 e. The number of rotatable bonds is 5. The highest BCUT2D eigenvalue weighted by Crippen LogP contribution is 2.28. The van der Waals surface area contributed by atoms with Gasteiger partial charge in [-0.05, 0) is 61.8 Å². The molecule has 0 spiro atoms. The lowest BCUT2D eigenvalue weighted by molar-refractivity contribution is 0.191. The number of hydrogen-bond acceptors (Lipinski definition) is 4. The first-order chi connectivity index (χ1) is 11.7. The van der Waals surface area contributed by atoms with Gasteiger partial charge in [-0.3, -0.25) is 10.3 Å². The van der Waals surface area contributed by atoms with E-state index in [1.165, 1.54) is 18.4 Å². The average Bonchev–Trinajstić information content (AvgIpc) is 3.03. The molecule has 1 aromatic carbocycles. The Hall–Kier alpha value is -2.18. The lowest BCUT2D eigenvalue weighted by Gasteiger charge is -2.31. The molecule has 0 aliphatic carbocycles. The van der Waals surface area contributed by atoms with Crippen LogP contribution in [0.1, 0.15) is 35.8 Å². The van der Waals surface area contributed by atoms with E-state index in [2.05, 4.69) is 58.0 Å². The second-order valence-corrected chi connectivity index (χ2v) is 6.44. The van der Waals surface area contributed by atoms with Crippen LogP contribution in [0.25, 0.3) is 0 Å². The number of nitrogens with one attached hydrogen (secondary N) is 1. The predicted molar refractivity (Wildman–Crippen MR) is 99.9 cm³/mol. The van der Waals surface area contributed by atoms with Crippen LogP contribution in [0.4, 0.5) is 0 Å². The quantitative estimate of drug-likeness (QED) is 0.497. The molecule has 0 saturated carbocycles. The van der Waals surface area contributed by atoms with E-state index in [9.17, 15) is 0 Å². The first-order valence-electron chi connectivity index (χ1n) is 8.15. The van der Waals surface area contributed by atoms with Crippen LogP contribution in [0.15, 0.2) is 52.0 Å². The fourth-order valence-electron chi connectivity index (χ4n) is 3.08. The molecule has 3 rings (SSSR count). The summed E-state index contributed by atoms with van der Waals surface area (Å²) < 4.78 is 5.76. The summed E-state index contributed by atoms with van der Waals surface area (Å²) in [6.45, 7) is 3.01. The Bertz CT molecular complexity index is 690. The van der Waals surface area contributed by atoms with Crippen LogP contribution >= 0.6 is 12.2 Å². The number of hydrazone groups is 1. The van der Waals surface area contributed by atoms with E-state index >= 15 is 0 Å². The van der Waals surface area contributed by atoms with Gasteiger partial charge in [0.2, 0.25) is 0 Å². The Morgan fingerprint density at radius 1 is 1.25 bits per heavy atom. The molecule has 6 heteroatoms. The van der Waals surface area contributed by atoms with Crippen molar-refractivity contribution in [3.63, 3.8) is 0 Å². The highest BCUT2D eigenvalue weighted by Gasteiger charge is 2.21. The summed E-state index contributed by atoms with van der Waals surface area (Å²) in [6, 6.07) is 14.7. The maximum absolute atomic E-state index is 5.76. The van der Waals surface area contributed by atoms with E-state index in [4.69, 9.17) is 10.2 Å². The molecule has 24 heavy (non-hydrogen) atoms. The molecule has 0 amide bonds. The van der Waals surface area contributed by atoms with Crippen LogP contribution in [-0.2, 0) is 6.54 Å². The molecule has 2 aromatic rings. The fourth-order valence-corrected chi connectivity index (χ4v) is 3.13. The minimum Gasteiger partial charge on any atom is -0.459 e. The molecular formula is C18H22N4OS. The van der Waals surface area contributed by atoms with Crippen molar-refractivity contribution < 1.29 is 4.42 Å². The topological polar surface area (TPSA) is 66.8 Å². The zero-order chi connectivity index (χ0) is 16.8. The fraction of sp³-hybridized carbons (Fsp3) is 0.333. The lowest BCUT2D eigenvalue weighted by atomic mass is 9.89. The summed E-state index contributed by atoms with van der Waals surface area (Å²) in [5.41, 5.74) is 9.28. The van der Waals surface area contributed by atoms with Gasteiger partial charge in [0.25, 0.3) is 0 Å². The van der Waals surface area contributed by atoms with Crippen molar-refractivity contribution in [2.45, 2.75) is 25.3 Å². The van der Waals surface area contributed by atoms with Crippen molar-refractivity contribution in [2.75, 3.05) is 13.1 Å². The number of hydrogen-bond donors (Lipinski definition) is 2. The van der Waals surface area contributed by atoms with Crippen molar-refractivity contribution in [1.82, 2.24) is 10.3 Å². The van der Waals surface area contributed by atoms with Gasteiger partial charge < -0.3 is 10.2 Å². The number of benzene rings is 1. The van der Waals surface area contributed by atoms with Gasteiger partial charge in [-0.2, -0.15) is 5.10 Å². The van der Waals surface area contributed by atoms with Crippen LogP contribution in [0.3, 0.4) is 0 Å². The van der Waals surface area contributed by atoms with Crippen molar-refractivity contribution in [1.29, 1.82) is 0 Å².